The number of aromatic nitrogens is 5. The number of pyridine rings is 1. The maximum Gasteiger partial charge on any atom is 0.180 e. The van der Waals surface area contributed by atoms with Gasteiger partial charge in [-0.1, -0.05) is 0 Å². The van der Waals surface area contributed by atoms with E-state index in [9.17, 15) is 0 Å². The smallest absolute Gasteiger partial charge is 0.180 e. The minimum atomic E-state index is -0.397. The van der Waals surface area contributed by atoms with Crippen LogP contribution in [0, 0.1) is 0 Å². The lowest BCUT2D eigenvalue weighted by Crippen LogP contribution is -2.48. The summed E-state index contributed by atoms with van der Waals surface area (Å²) in [5.41, 5.74) is 2.15. The Bertz CT molecular complexity index is 847. The number of ether oxygens (including phenoxy) is 1. The van der Waals surface area contributed by atoms with Gasteiger partial charge in [0.05, 0.1) is 19.3 Å². The molecule has 23 heavy (non-hydrogen) atoms. The van der Waals surface area contributed by atoms with Crippen molar-refractivity contribution in [2.45, 2.75) is 12.5 Å². The molecule has 1 fully saturated rings. The quantitative estimate of drug-likeness (QED) is 0.714. The highest BCUT2D eigenvalue weighted by Gasteiger charge is 2.35. The van der Waals surface area contributed by atoms with Crippen LogP contribution in [0.15, 0.2) is 36.9 Å². The highest BCUT2D eigenvalue weighted by atomic mass is 16.5. The normalized spacial score (nSPS) is 21.7. The Hall–Kier alpha value is -2.54. The molecule has 4 rings (SSSR count). The number of hydrogen-bond acceptors (Lipinski definition) is 6. The summed E-state index contributed by atoms with van der Waals surface area (Å²) in [6, 6.07) is 3.95. The Labute approximate surface area is 133 Å². The van der Waals surface area contributed by atoms with Crippen LogP contribution in [0.1, 0.15) is 12.5 Å². The molecule has 0 radical (unpaired) electrons. The van der Waals surface area contributed by atoms with E-state index in [0.717, 1.165) is 30.0 Å². The molecule has 0 aliphatic carbocycles. The molecule has 1 aliphatic rings. The predicted octanol–water partition coefficient (Wildman–Crippen LogP) is 1.51. The van der Waals surface area contributed by atoms with Crippen LogP contribution in [0.25, 0.3) is 11.2 Å². The number of anilines is 1. The van der Waals surface area contributed by atoms with Crippen LogP contribution in [0.5, 0.6) is 0 Å². The van der Waals surface area contributed by atoms with Crippen LogP contribution in [-0.2, 0) is 17.4 Å². The second-order valence-corrected chi connectivity index (χ2v) is 5.97. The van der Waals surface area contributed by atoms with Crippen LogP contribution < -0.4 is 4.90 Å². The molecule has 7 heteroatoms. The van der Waals surface area contributed by atoms with E-state index < -0.39 is 5.60 Å². The van der Waals surface area contributed by atoms with Gasteiger partial charge in [0.2, 0.25) is 0 Å². The first kappa shape index (κ1) is 14.1. The minimum absolute atomic E-state index is 0.397. The first-order valence-electron chi connectivity index (χ1n) is 7.60. The summed E-state index contributed by atoms with van der Waals surface area (Å²) in [7, 11) is 1.91. The Kier molecular flexibility index (Phi) is 3.23. The third-order valence-corrected chi connectivity index (χ3v) is 4.23. The molecule has 0 amide bonds. The standard InChI is InChI=1S/C16H18N6O/c1-16(12-9-19-21(2)10-12)11-22(7-8-23-16)14-4-3-13-15(20-14)18-6-5-17-13/h3-6,9-10H,7-8,11H2,1-2H3. The number of rotatable bonds is 2. The maximum absolute atomic E-state index is 6.05. The molecule has 1 atom stereocenters. The number of morpholine rings is 1. The van der Waals surface area contributed by atoms with Crippen LogP contribution in [0.2, 0.25) is 0 Å². The highest BCUT2D eigenvalue weighted by Crippen LogP contribution is 2.31. The van der Waals surface area contributed by atoms with E-state index in [1.165, 1.54) is 0 Å². The molecule has 0 spiro atoms. The summed E-state index contributed by atoms with van der Waals surface area (Å²) < 4.78 is 7.85. The largest absolute Gasteiger partial charge is 0.367 e. The van der Waals surface area contributed by atoms with Crippen molar-refractivity contribution in [1.29, 1.82) is 0 Å². The van der Waals surface area contributed by atoms with Gasteiger partial charge in [0.15, 0.2) is 5.65 Å². The fraction of sp³-hybridized carbons (Fsp3) is 0.375. The first-order chi connectivity index (χ1) is 11.1. The maximum atomic E-state index is 6.05. The summed E-state index contributed by atoms with van der Waals surface area (Å²) in [5, 5.41) is 4.26. The van der Waals surface area contributed by atoms with E-state index in [0.29, 0.717) is 12.3 Å². The van der Waals surface area contributed by atoms with E-state index in [1.54, 1.807) is 17.1 Å². The summed E-state index contributed by atoms with van der Waals surface area (Å²) >= 11 is 0. The third-order valence-electron chi connectivity index (χ3n) is 4.23. The Morgan fingerprint density at radius 3 is 2.91 bits per heavy atom. The zero-order valence-corrected chi connectivity index (χ0v) is 13.2. The molecule has 1 saturated heterocycles. The van der Waals surface area contributed by atoms with Crippen LogP contribution in [0.4, 0.5) is 5.82 Å². The van der Waals surface area contributed by atoms with Gasteiger partial charge in [-0.15, -0.1) is 0 Å². The monoisotopic (exact) mass is 310 g/mol. The average molecular weight is 310 g/mol. The average Bonchev–Trinajstić information content (AvgIpc) is 3.02. The summed E-state index contributed by atoms with van der Waals surface area (Å²) in [6.07, 6.45) is 7.21. The molecular formula is C16H18N6O. The first-order valence-corrected chi connectivity index (χ1v) is 7.60. The van der Waals surface area contributed by atoms with Gasteiger partial charge in [-0.05, 0) is 19.1 Å². The van der Waals surface area contributed by atoms with Gasteiger partial charge >= 0.3 is 0 Å². The van der Waals surface area contributed by atoms with Crippen molar-refractivity contribution in [1.82, 2.24) is 24.7 Å². The van der Waals surface area contributed by atoms with Gasteiger partial charge in [0.1, 0.15) is 16.9 Å². The zero-order valence-electron chi connectivity index (χ0n) is 13.2. The van der Waals surface area contributed by atoms with E-state index in [2.05, 4.69) is 31.9 Å². The summed E-state index contributed by atoms with van der Waals surface area (Å²) in [4.78, 5) is 15.4. The molecule has 4 heterocycles. The van der Waals surface area contributed by atoms with Gasteiger partial charge in [-0.2, -0.15) is 5.10 Å². The molecule has 1 aliphatic heterocycles. The van der Waals surface area contributed by atoms with Gasteiger partial charge in [0.25, 0.3) is 0 Å². The van der Waals surface area contributed by atoms with Crippen LogP contribution >= 0.6 is 0 Å². The Morgan fingerprint density at radius 1 is 1.22 bits per heavy atom. The molecule has 7 nitrogen and oxygen atoms in total. The van der Waals surface area contributed by atoms with Gasteiger partial charge < -0.3 is 9.64 Å². The van der Waals surface area contributed by atoms with E-state index >= 15 is 0 Å². The Balaban J connectivity index is 1.65. The lowest BCUT2D eigenvalue weighted by molar-refractivity contribution is -0.0468. The molecule has 0 aromatic carbocycles. The van der Waals surface area contributed by atoms with Crippen molar-refractivity contribution in [3.63, 3.8) is 0 Å². The van der Waals surface area contributed by atoms with Gasteiger partial charge in [-0.25, -0.2) is 9.97 Å². The molecule has 0 saturated carbocycles. The Morgan fingerprint density at radius 2 is 2.09 bits per heavy atom. The van der Waals surface area contributed by atoms with Gasteiger partial charge in [0, 0.05) is 37.7 Å². The second kappa shape index (κ2) is 5.27. The van der Waals surface area contributed by atoms with Crippen LogP contribution in [-0.4, -0.2) is 44.4 Å². The van der Waals surface area contributed by atoms with Crippen molar-refractivity contribution < 1.29 is 4.74 Å². The van der Waals surface area contributed by atoms with Gasteiger partial charge in [-0.3, -0.25) is 9.67 Å². The van der Waals surface area contributed by atoms with E-state index in [4.69, 9.17) is 4.74 Å². The van der Waals surface area contributed by atoms with Crippen molar-refractivity contribution in [2.75, 3.05) is 24.6 Å². The number of aryl methyl sites for hydroxylation is 1. The number of nitrogens with zero attached hydrogens (tertiary/aromatic N) is 6. The van der Waals surface area contributed by atoms with E-state index in [1.807, 2.05) is 31.6 Å². The number of fused-ring (bicyclic) bond motifs is 1. The fourth-order valence-electron chi connectivity index (χ4n) is 2.96. The van der Waals surface area contributed by atoms with Crippen molar-refractivity contribution >= 4 is 17.0 Å². The minimum Gasteiger partial charge on any atom is -0.367 e. The van der Waals surface area contributed by atoms with Crippen molar-refractivity contribution in [3.05, 3.63) is 42.5 Å². The number of hydrogen-bond donors (Lipinski definition) is 0. The SMILES string of the molecule is Cn1cc(C2(C)CN(c3ccc4nccnc4n3)CCO2)cn1. The van der Waals surface area contributed by atoms with Crippen LogP contribution in [0.3, 0.4) is 0 Å². The molecule has 0 bridgehead atoms. The summed E-state index contributed by atoms with van der Waals surface area (Å²) in [6.45, 7) is 4.26. The fourth-order valence-corrected chi connectivity index (χ4v) is 2.96. The highest BCUT2D eigenvalue weighted by molar-refractivity contribution is 5.71. The lowest BCUT2D eigenvalue weighted by Gasteiger charge is -2.40. The molecular weight excluding hydrogens is 292 g/mol. The van der Waals surface area contributed by atoms with Crippen molar-refractivity contribution in [2.24, 2.45) is 7.05 Å². The predicted molar refractivity (Wildman–Crippen MR) is 86.1 cm³/mol. The topological polar surface area (TPSA) is 69.0 Å². The molecule has 3 aromatic rings. The molecule has 3 aromatic heterocycles. The zero-order chi connectivity index (χ0) is 15.9. The summed E-state index contributed by atoms with van der Waals surface area (Å²) in [5.74, 6) is 0.899. The third kappa shape index (κ3) is 2.53. The van der Waals surface area contributed by atoms with Crippen molar-refractivity contribution in [3.8, 4) is 0 Å². The molecule has 0 N–H and O–H groups in total. The lowest BCUT2D eigenvalue weighted by atomic mass is 9.97. The molecule has 1 unspecified atom stereocenters. The van der Waals surface area contributed by atoms with E-state index in [-0.39, 0.29) is 0 Å². The second-order valence-electron chi connectivity index (χ2n) is 5.97. The molecule has 118 valence electrons.